The van der Waals surface area contributed by atoms with Crippen molar-refractivity contribution in [3.05, 3.63) is 36.5 Å². The summed E-state index contributed by atoms with van der Waals surface area (Å²) in [4.78, 5) is 49.1. The van der Waals surface area contributed by atoms with Crippen molar-refractivity contribution in [1.82, 2.24) is 0 Å². The number of carbonyl (C=O) groups excluding carboxylic acids is 4. The first-order valence-corrected chi connectivity index (χ1v) is 10.9. The highest BCUT2D eigenvalue weighted by Crippen LogP contribution is 2.25. The highest BCUT2D eigenvalue weighted by Gasteiger charge is 2.39. The first kappa shape index (κ1) is 30.1. The van der Waals surface area contributed by atoms with Gasteiger partial charge in [-0.15, -0.1) is 0 Å². The minimum absolute atomic E-state index is 0.239. The van der Waals surface area contributed by atoms with E-state index in [0.717, 1.165) is 0 Å². The van der Waals surface area contributed by atoms with Gasteiger partial charge in [0.2, 0.25) is 0 Å². The SMILES string of the molecule is C=C(CC)C(=O)OCC(COC(=O)C(=C)CC)(COC(=O)C(=C)CC)COC(=O)C(C)(C)C. The molecule has 8 nitrogen and oxygen atoms in total. The maximum absolute atomic E-state index is 12.4. The van der Waals surface area contributed by atoms with Gasteiger partial charge in [0.1, 0.15) is 31.8 Å². The third-order valence-corrected chi connectivity index (χ3v) is 4.80. The van der Waals surface area contributed by atoms with Gasteiger partial charge in [0.25, 0.3) is 0 Å². The van der Waals surface area contributed by atoms with Gasteiger partial charge in [-0.05, 0) is 40.0 Å². The Morgan fingerprint density at radius 1 is 0.576 bits per heavy atom. The normalized spacial score (nSPS) is 11.2. The van der Waals surface area contributed by atoms with Crippen LogP contribution < -0.4 is 0 Å². The molecular formula is C25H38O8. The lowest BCUT2D eigenvalue weighted by Crippen LogP contribution is -2.45. The lowest BCUT2D eigenvalue weighted by atomic mass is 9.91. The third kappa shape index (κ3) is 10.5. The maximum Gasteiger partial charge on any atom is 0.333 e. The molecule has 8 heteroatoms. The lowest BCUT2D eigenvalue weighted by Gasteiger charge is -2.32. The second kappa shape index (κ2) is 13.6. The van der Waals surface area contributed by atoms with Crippen LogP contribution in [0.1, 0.15) is 60.8 Å². The number of rotatable bonds is 14. The highest BCUT2D eigenvalue weighted by atomic mass is 16.6. The predicted molar refractivity (Wildman–Crippen MR) is 124 cm³/mol. The summed E-state index contributed by atoms with van der Waals surface area (Å²) in [5.41, 5.74) is -1.44. The van der Waals surface area contributed by atoms with E-state index in [-0.39, 0.29) is 43.1 Å². The Kier molecular flexibility index (Phi) is 12.4. The molecule has 0 aromatic rings. The van der Waals surface area contributed by atoms with E-state index in [1.165, 1.54) is 0 Å². The van der Waals surface area contributed by atoms with Crippen molar-refractivity contribution in [1.29, 1.82) is 0 Å². The van der Waals surface area contributed by atoms with E-state index >= 15 is 0 Å². The average molecular weight is 467 g/mol. The number of hydrogen-bond donors (Lipinski definition) is 0. The van der Waals surface area contributed by atoms with Crippen LogP contribution in [0.4, 0.5) is 0 Å². The van der Waals surface area contributed by atoms with Crippen molar-refractivity contribution in [2.45, 2.75) is 60.8 Å². The van der Waals surface area contributed by atoms with E-state index < -0.39 is 34.7 Å². The molecule has 0 bridgehead atoms. The summed E-state index contributed by atoms with van der Waals surface area (Å²) in [6.07, 6.45) is 1.13. The molecule has 0 unspecified atom stereocenters. The van der Waals surface area contributed by atoms with Crippen LogP contribution in [0.3, 0.4) is 0 Å². The number of hydrogen-bond acceptors (Lipinski definition) is 8. The van der Waals surface area contributed by atoms with Gasteiger partial charge in [0, 0.05) is 16.7 Å². The van der Waals surface area contributed by atoms with Gasteiger partial charge in [-0.25, -0.2) is 14.4 Å². The van der Waals surface area contributed by atoms with Gasteiger partial charge in [0.05, 0.1) is 5.41 Å². The summed E-state index contributed by atoms with van der Waals surface area (Å²) < 4.78 is 21.5. The summed E-state index contributed by atoms with van der Waals surface area (Å²) in [5.74, 6) is -2.49. The van der Waals surface area contributed by atoms with E-state index in [9.17, 15) is 19.2 Å². The quantitative estimate of drug-likeness (QED) is 0.214. The highest BCUT2D eigenvalue weighted by molar-refractivity contribution is 5.88. The van der Waals surface area contributed by atoms with Crippen LogP contribution >= 0.6 is 0 Å². The van der Waals surface area contributed by atoms with Crippen molar-refractivity contribution >= 4 is 23.9 Å². The molecule has 0 fully saturated rings. The molecule has 0 N–H and O–H groups in total. The van der Waals surface area contributed by atoms with Crippen LogP contribution in [-0.2, 0) is 38.1 Å². The van der Waals surface area contributed by atoms with Gasteiger partial charge >= 0.3 is 23.9 Å². The molecule has 0 aliphatic carbocycles. The zero-order valence-electron chi connectivity index (χ0n) is 20.8. The first-order valence-electron chi connectivity index (χ1n) is 10.9. The fourth-order valence-electron chi connectivity index (χ4n) is 2.08. The topological polar surface area (TPSA) is 105 Å². The molecule has 0 spiro atoms. The van der Waals surface area contributed by atoms with Crippen molar-refractivity contribution < 1.29 is 38.1 Å². The zero-order valence-corrected chi connectivity index (χ0v) is 20.8. The summed E-state index contributed by atoms with van der Waals surface area (Å²) in [6, 6.07) is 0. The molecule has 0 saturated heterocycles. The minimum Gasteiger partial charge on any atom is -0.464 e. The smallest absolute Gasteiger partial charge is 0.333 e. The van der Waals surface area contributed by atoms with Crippen molar-refractivity contribution in [3.8, 4) is 0 Å². The van der Waals surface area contributed by atoms with Gasteiger partial charge < -0.3 is 18.9 Å². The number of esters is 4. The van der Waals surface area contributed by atoms with Gasteiger partial charge in [-0.1, -0.05) is 40.5 Å². The molecule has 0 amide bonds. The predicted octanol–water partition coefficient (Wildman–Crippen LogP) is 4.09. The Labute approximate surface area is 197 Å². The summed E-state index contributed by atoms with van der Waals surface area (Å²) in [7, 11) is 0. The molecular weight excluding hydrogens is 428 g/mol. The van der Waals surface area contributed by atoms with Crippen LogP contribution in [0.2, 0.25) is 0 Å². The molecule has 0 heterocycles. The molecule has 0 saturated carbocycles. The van der Waals surface area contributed by atoms with Crippen molar-refractivity contribution in [3.63, 3.8) is 0 Å². The summed E-state index contributed by atoms with van der Waals surface area (Å²) >= 11 is 0. The fourth-order valence-corrected chi connectivity index (χ4v) is 2.08. The molecule has 0 aliphatic rings. The van der Waals surface area contributed by atoms with Crippen LogP contribution in [-0.4, -0.2) is 50.3 Å². The number of ether oxygens (including phenoxy) is 4. The Morgan fingerprint density at radius 3 is 1.09 bits per heavy atom. The monoisotopic (exact) mass is 466 g/mol. The van der Waals surface area contributed by atoms with Crippen LogP contribution in [0, 0.1) is 10.8 Å². The van der Waals surface area contributed by atoms with E-state index in [4.69, 9.17) is 18.9 Å². The van der Waals surface area contributed by atoms with E-state index in [2.05, 4.69) is 19.7 Å². The van der Waals surface area contributed by atoms with Gasteiger partial charge in [0.15, 0.2) is 0 Å². The molecule has 186 valence electrons. The standard InChI is InChI=1S/C25H38O8/c1-10-17(4)20(26)30-13-25(14-31-21(27)18(5)11-2,15-32-22(28)19(6)12-3)16-33-23(29)24(7,8)9/h4-6,10-16H2,1-3,7-9H3. The van der Waals surface area contributed by atoms with Gasteiger partial charge in [-0.2, -0.15) is 0 Å². The Hall–Kier alpha value is -2.90. The van der Waals surface area contributed by atoms with E-state index in [0.29, 0.717) is 19.3 Å². The van der Waals surface area contributed by atoms with E-state index in [1.807, 2.05) is 0 Å². The molecule has 0 atom stereocenters. The second-order valence-electron chi connectivity index (χ2n) is 8.93. The van der Waals surface area contributed by atoms with Gasteiger partial charge in [-0.3, -0.25) is 4.79 Å². The van der Waals surface area contributed by atoms with Crippen LogP contribution in [0.25, 0.3) is 0 Å². The zero-order chi connectivity index (χ0) is 25.8. The third-order valence-electron chi connectivity index (χ3n) is 4.80. The maximum atomic E-state index is 12.4. The molecule has 0 radical (unpaired) electrons. The number of carbonyl (C=O) groups is 4. The Balaban J connectivity index is 5.91. The minimum atomic E-state index is -1.35. The largest absolute Gasteiger partial charge is 0.464 e. The average Bonchev–Trinajstić information content (AvgIpc) is 2.79. The van der Waals surface area contributed by atoms with Crippen LogP contribution in [0.15, 0.2) is 36.5 Å². The Bertz CT molecular complexity index is 691. The Morgan fingerprint density at radius 2 is 0.848 bits per heavy atom. The fraction of sp³-hybridized carbons (Fsp3) is 0.600. The van der Waals surface area contributed by atoms with E-state index in [1.54, 1.807) is 41.5 Å². The molecule has 0 aromatic carbocycles. The molecule has 0 aromatic heterocycles. The summed E-state index contributed by atoms with van der Waals surface area (Å²) in [5, 5.41) is 0. The molecule has 0 rings (SSSR count). The molecule has 0 aliphatic heterocycles. The first-order chi connectivity index (χ1) is 15.2. The van der Waals surface area contributed by atoms with Crippen molar-refractivity contribution in [2.24, 2.45) is 10.8 Å². The molecule has 33 heavy (non-hydrogen) atoms. The lowest BCUT2D eigenvalue weighted by molar-refractivity contribution is -0.171. The van der Waals surface area contributed by atoms with Crippen molar-refractivity contribution in [2.75, 3.05) is 26.4 Å². The summed E-state index contributed by atoms with van der Waals surface area (Å²) in [6.45, 7) is 19.8. The van der Waals surface area contributed by atoms with Crippen LogP contribution in [0.5, 0.6) is 0 Å². The second-order valence-corrected chi connectivity index (χ2v) is 8.93.